The van der Waals surface area contributed by atoms with E-state index in [9.17, 15) is 14.7 Å². The van der Waals surface area contributed by atoms with Gasteiger partial charge in [-0.15, -0.1) is 0 Å². The number of hydrogen-bond acceptors (Lipinski definition) is 8. The van der Waals surface area contributed by atoms with Gasteiger partial charge < -0.3 is 29.0 Å². The summed E-state index contributed by atoms with van der Waals surface area (Å²) in [5.74, 6) is 0.147. The van der Waals surface area contributed by atoms with Gasteiger partial charge in [0.15, 0.2) is 11.5 Å². The van der Waals surface area contributed by atoms with Gasteiger partial charge in [0, 0.05) is 31.7 Å². The van der Waals surface area contributed by atoms with Crippen molar-refractivity contribution in [2.75, 3.05) is 60.2 Å². The highest BCUT2D eigenvalue weighted by molar-refractivity contribution is 6.46. The fourth-order valence-corrected chi connectivity index (χ4v) is 5.04. The van der Waals surface area contributed by atoms with Crippen molar-refractivity contribution in [1.29, 1.82) is 0 Å². The average Bonchev–Trinajstić information content (AvgIpc) is 3.19. The Bertz CT molecular complexity index is 1200. The highest BCUT2D eigenvalue weighted by Crippen LogP contribution is 2.42. The quantitative estimate of drug-likeness (QED) is 0.286. The molecule has 1 atom stereocenters. The van der Waals surface area contributed by atoms with Crippen LogP contribution >= 0.6 is 0 Å². The van der Waals surface area contributed by atoms with Gasteiger partial charge in [-0.3, -0.25) is 14.5 Å². The second-order valence-electron chi connectivity index (χ2n) is 9.33. The topological polar surface area (TPSA) is 97.8 Å². The number of hydrogen-bond donors (Lipinski definition) is 1. The maximum absolute atomic E-state index is 13.4. The van der Waals surface area contributed by atoms with Gasteiger partial charge in [-0.2, -0.15) is 0 Å². The van der Waals surface area contributed by atoms with Gasteiger partial charge in [0.2, 0.25) is 0 Å². The van der Waals surface area contributed by atoms with Crippen LogP contribution in [0.15, 0.2) is 42.0 Å². The van der Waals surface area contributed by atoms with Gasteiger partial charge in [0.25, 0.3) is 11.7 Å². The van der Waals surface area contributed by atoms with Crippen LogP contribution in [0.1, 0.15) is 36.1 Å². The molecular weight excluding hydrogens is 488 g/mol. The third-order valence-corrected chi connectivity index (χ3v) is 6.99. The summed E-state index contributed by atoms with van der Waals surface area (Å²) in [6.45, 7) is 8.50. The lowest BCUT2D eigenvalue weighted by atomic mass is 9.94. The molecule has 0 aliphatic carbocycles. The maximum Gasteiger partial charge on any atom is 0.295 e. The number of aliphatic hydroxyl groups excluding tert-OH is 1. The lowest BCUT2D eigenvalue weighted by molar-refractivity contribution is -0.140. The number of ether oxygens (including phenoxy) is 4. The molecule has 9 nitrogen and oxygen atoms in total. The van der Waals surface area contributed by atoms with E-state index in [0.29, 0.717) is 61.2 Å². The molecule has 2 fully saturated rings. The Morgan fingerprint density at radius 2 is 1.71 bits per heavy atom. The number of carbonyl (C=O) groups is 2. The molecule has 0 bridgehead atoms. The third kappa shape index (κ3) is 5.63. The number of aryl methyl sites for hydroxylation is 1. The van der Waals surface area contributed by atoms with Crippen molar-refractivity contribution in [2.24, 2.45) is 0 Å². The number of benzene rings is 2. The van der Waals surface area contributed by atoms with Gasteiger partial charge in [-0.1, -0.05) is 6.07 Å². The Morgan fingerprint density at radius 1 is 1.00 bits per heavy atom. The summed E-state index contributed by atoms with van der Waals surface area (Å²) in [6.07, 6.45) is 0.680. The SMILES string of the molecule is CCOc1ccc(C(O)=C2C(=O)C(=O)N(CCCN3CCOCC3)C2c2ccc(OC)c(OC)c2)cc1C. The summed E-state index contributed by atoms with van der Waals surface area (Å²) >= 11 is 0. The summed E-state index contributed by atoms with van der Waals surface area (Å²) in [6, 6.07) is 9.74. The van der Waals surface area contributed by atoms with Crippen LogP contribution < -0.4 is 14.2 Å². The first kappa shape index (κ1) is 27.5. The van der Waals surface area contributed by atoms with Gasteiger partial charge >= 0.3 is 0 Å². The van der Waals surface area contributed by atoms with Gasteiger partial charge in [0.1, 0.15) is 11.5 Å². The van der Waals surface area contributed by atoms with Crippen LogP contribution in [0.25, 0.3) is 5.76 Å². The molecule has 0 spiro atoms. The van der Waals surface area contributed by atoms with Crippen LogP contribution in [0.2, 0.25) is 0 Å². The zero-order valence-corrected chi connectivity index (χ0v) is 22.5. The molecule has 2 aliphatic rings. The van der Waals surface area contributed by atoms with E-state index in [1.807, 2.05) is 13.8 Å². The summed E-state index contributed by atoms with van der Waals surface area (Å²) in [4.78, 5) is 30.6. The van der Waals surface area contributed by atoms with E-state index in [-0.39, 0.29) is 11.3 Å². The van der Waals surface area contributed by atoms with Gasteiger partial charge in [-0.25, -0.2) is 0 Å². The van der Waals surface area contributed by atoms with Crippen molar-refractivity contribution < 1.29 is 33.6 Å². The molecule has 9 heteroatoms. The number of Topliss-reactive ketones (excluding diaryl/α,β-unsaturated/α-hetero) is 1. The van der Waals surface area contributed by atoms with Crippen LogP contribution in [0, 0.1) is 6.92 Å². The molecule has 2 aromatic carbocycles. The third-order valence-electron chi connectivity index (χ3n) is 6.99. The molecule has 0 radical (unpaired) electrons. The van der Waals surface area contributed by atoms with Crippen molar-refractivity contribution in [3.05, 3.63) is 58.7 Å². The van der Waals surface area contributed by atoms with Crippen molar-refractivity contribution in [3.8, 4) is 17.2 Å². The van der Waals surface area contributed by atoms with Crippen LogP contribution in [0.4, 0.5) is 0 Å². The minimum absolute atomic E-state index is 0.0529. The smallest absolute Gasteiger partial charge is 0.295 e. The number of aliphatic hydroxyl groups is 1. The first-order valence-corrected chi connectivity index (χ1v) is 12.9. The number of rotatable bonds is 10. The zero-order valence-electron chi connectivity index (χ0n) is 22.5. The second-order valence-corrected chi connectivity index (χ2v) is 9.33. The summed E-state index contributed by atoms with van der Waals surface area (Å²) in [7, 11) is 3.08. The number of amides is 1. The minimum Gasteiger partial charge on any atom is -0.507 e. The van der Waals surface area contributed by atoms with E-state index >= 15 is 0 Å². The van der Waals surface area contributed by atoms with Crippen molar-refractivity contribution >= 4 is 17.4 Å². The van der Waals surface area contributed by atoms with Crippen LogP contribution in [-0.4, -0.2) is 86.8 Å². The Labute approximate surface area is 223 Å². The number of nitrogens with zero attached hydrogens (tertiary/aromatic N) is 2. The largest absolute Gasteiger partial charge is 0.507 e. The molecule has 4 rings (SSSR count). The van der Waals surface area contributed by atoms with E-state index in [1.165, 1.54) is 7.11 Å². The van der Waals surface area contributed by atoms with E-state index in [0.717, 1.165) is 25.2 Å². The minimum atomic E-state index is -0.772. The highest BCUT2D eigenvalue weighted by Gasteiger charge is 2.46. The molecule has 2 saturated heterocycles. The molecule has 1 N–H and O–H groups in total. The predicted molar refractivity (Wildman–Crippen MR) is 143 cm³/mol. The van der Waals surface area contributed by atoms with Gasteiger partial charge in [-0.05, 0) is 61.7 Å². The lowest BCUT2D eigenvalue weighted by Crippen LogP contribution is -2.38. The molecule has 38 heavy (non-hydrogen) atoms. The number of morpholine rings is 1. The molecular formula is C29H36N2O7. The average molecular weight is 525 g/mol. The first-order valence-electron chi connectivity index (χ1n) is 12.9. The lowest BCUT2D eigenvalue weighted by Gasteiger charge is -2.29. The van der Waals surface area contributed by atoms with Crippen molar-refractivity contribution in [3.63, 3.8) is 0 Å². The molecule has 1 unspecified atom stereocenters. The molecule has 204 valence electrons. The number of ketones is 1. The number of methoxy groups -OCH3 is 2. The van der Waals surface area contributed by atoms with E-state index in [2.05, 4.69) is 4.90 Å². The van der Waals surface area contributed by atoms with Gasteiger partial charge in [0.05, 0.1) is 45.7 Å². The summed E-state index contributed by atoms with van der Waals surface area (Å²) in [5.41, 5.74) is 1.97. The molecule has 2 aliphatic heterocycles. The zero-order chi connectivity index (χ0) is 27.2. The second kappa shape index (κ2) is 12.3. The Balaban J connectivity index is 1.73. The van der Waals surface area contributed by atoms with Crippen LogP contribution in [0.3, 0.4) is 0 Å². The summed E-state index contributed by atoms with van der Waals surface area (Å²) in [5, 5.41) is 11.4. The summed E-state index contributed by atoms with van der Waals surface area (Å²) < 4.78 is 21.9. The van der Waals surface area contributed by atoms with E-state index < -0.39 is 17.7 Å². The van der Waals surface area contributed by atoms with E-state index in [1.54, 1.807) is 48.4 Å². The molecule has 0 aromatic heterocycles. The normalized spacial score (nSPS) is 19.6. The number of likely N-dealkylation sites (tertiary alicyclic amines) is 1. The van der Waals surface area contributed by atoms with E-state index in [4.69, 9.17) is 18.9 Å². The number of carbonyl (C=O) groups excluding carboxylic acids is 2. The monoisotopic (exact) mass is 524 g/mol. The first-order chi connectivity index (χ1) is 18.4. The fourth-order valence-electron chi connectivity index (χ4n) is 5.04. The molecule has 1 amide bonds. The molecule has 2 heterocycles. The van der Waals surface area contributed by atoms with Crippen molar-refractivity contribution in [1.82, 2.24) is 9.80 Å². The molecule has 2 aromatic rings. The van der Waals surface area contributed by atoms with Crippen molar-refractivity contribution in [2.45, 2.75) is 26.3 Å². The Hall–Kier alpha value is -3.56. The fraction of sp³-hybridized carbons (Fsp3) is 0.448. The maximum atomic E-state index is 13.4. The Kier molecular flexibility index (Phi) is 8.91. The predicted octanol–water partition coefficient (Wildman–Crippen LogP) is 3.55. The van der Waals surface area contributed by atoms with Crippen LogP contribution in [-0.2, 0) is 14.3 Å². The Morgan fingerprint density at radius 3 is 2.37 bits per heavy atom. The highest BCUT2D eigenvalue weighted by atomic mass is 16.5. The standard InChI is InChI=1S/C29H36N2O7/c1-5-38-22-9-8-21(17-19(22)2)27(32)25-26(20-7-10-23(35-3)24(18-20)36-4)31(29(34)28(25)33)12-6-11-30-13-15-37-16-14-30/h7-10,17-18,26,32H,5-6,11-16H2,1-4H3. The molecule has 0 saturated carbocycles. The van der Waals surface area contributed by atoms with Crippen LogP contribution in [0.5, 0.6) is 17.2 Å².